The lowest BCUT2D eigenvalue weighted by Gasteiger charge is -2.17. The average molecular weight is 367 g/mol. The number of hydrogen-bond donors (Lipinski definition) is 1. The molecule has 0 bridgehead atoms. The van der Waals surface area contributed by atoms with Crippen LogP contribution in [0.5, 0.6) is 0 Å². The molecule has 1 aliphatic rings. The van der Waals surface area contributed by atoms with Crippen LogP contribution in [0.4, 0.5) is 0 Å². The fourth-order valence-electron chi connectivity index (χ4n) is 3.65. The monoisotopic (exact) mass is 367 g/mol. The Bertz CT molecular complexity index is 1120. The quantitative estimate of drug-likeness (QED) is 0.702. The molecule has 5 nitrogen and oxygen atoms in total. The van der Waals surface area contributed by atoms with E-state index >= 15 is 0 Å². The van der Waals surface area contributed by atoms with Gasteiger partial charge in [-0.25, -0.2) is 4.79 Å². The number of amides is 1. The van der Waals surface area contributed by atoms with Gasteiger partial charge in [-0.1, -0.05) is 20.8 Å². The number of furan rings is 1. The van der Waals surface area contributed by atoms with Gasteiger partial charge in [0.1, 0.15) is 11.2 Å². The number of nitrogens with one attached hydrogen (secondary N) is 1. The van der Waals surface area contributed by atoms with E-state index in [1.54, 1.807) is 6.26 Å². The van der Waals surface area contributed by atoms with E-state index in [2.05, 4.69) is 26.1 Å². The number of hydrogen-bond acceptors (Lipinski definition) is 4. The summed E-state index contributed by atoms with van der Waals surface area (Å²) in [5.74, 6) is -0.122. The Kier molecular flexibility index (Phi) is 3.95. The third-order valence-electron chi connectivity index (χ3n) is 5.43. The van der Waals surface area contributed by atoms with Crippen LogP contribution in [0.1, 0.15) is 55.9 Å². The maximum atomic E-state index is 12.6. The van der Waals surface area contributed by atoms with Crippen LogP contribution < -0.4 is 10.9 Å². The number of fused-ring (bicyclic) bond motifs is 2. The van der Waals surface area contributed by atoms with Gasteiger partial charge >= 0.3 is 5.63 Å². The first-order chi connectivity index (χ1) is 12.7. The first kappa shape index (κ1) is 17.8. The van der Waals surface area contributed by atoms with Crippen molar-refractivity contribution in [1.29, 1.82) is 0 Å². The standard InChI is InChI=1S/C22H25NO4/c1-11-14-8-16-17(22(3,4)5)10-26-19(16)12(2)20(14)27-21(25)15(11)9-18(24)23-13-6-7-13/h8,10,13H,6-7,9H2,1-5H3,(H,23,24). The van der Waals surface area contributed by atoms with Crippen molar-refractivity contribution in [2.75, 3.05) is 0 Å². The van der Waals surface area contributed by atoms with Crippen LogP contribution in [0.15, 0.2) is 26.0 Å². The number of carbonyl (C=O) groups excluding carboxylic acids is 1. The highest BCUT2D eigenvalue weighted by Crippen LogP contribution is 2.37. The topological polar surface area (TPSA) is 72.5 Å². The molecular formula is C22H25NO4. The second-order valence-corrected chi connectivity index (χ2v) is 8.67. The van der Waals surface area contributed by atoms with Gasteiger partial charge in [0, 0.05) is 27.9 Å². The Hall–Kier alpha value is -2.56. The summed E-state index contributed by atoms with van der Waals surface area (Å²) in [6, 6.07) is 2.30. The van der Waals surface area contributed by atoms with E-state index in [9.17, 15) is 9.59 Å². The van der Waals surface area contributed by atoms with Gasteiger partial charge in [-0.05, 0) is 43.7 Å². The largest absolute Gasteiger partial charge is 0.464 e. The van der Waals surface area contributed by atoms with E-state index in [1.165, 1.54) is 0 Å². The fourth-order valence-corrected chi connectivity index (χ4v) is 3.65. The third kappa shape index (κ3) is 3.05. The molecule has 0 atom stereocenters. The molecule has 1 saturated carbocycles. The van der Waals surface area contributed by atoms with Gasteiger partial charge in [0.25, 0.3) is 0 Å². The molecule has 3 aromatic rings. The summed E-state index contributed by atoms with van der Waals surface area (Å²) < 4.78 is 11.4. The van der Waals surface area contributed by atoms with Gasteiger partial charge in [-0.2, -0.15) is 0 Å². The average Bonchev–Trinajstić information content (AvgIpc) is 3.26. The van der Waals surface area contributed by atoms with Gasteiger partial charge in [-0.3, -0.25) is 4.79 Å². The zero-order valence-electron chi connectivity index (χ0n) is 16.5. The summed E-state index contributed by atoms with van der Waals surface area (Å²) in [4.78, 5) is 24.8. The zero-order valence-corrected chi connectivity index (χ0v) is 16.5. The minimum absolute atomic E-state index is 0.0508. The van der Waals surface area contributed by atoms with Crippen molar-refractivity contribution in [3.8, 4) is 0 Å². The maximum absolute atomic E-state index is 12.6. The van der Waals surface area contributed by atoms with Gasteiger partial charge in [0.05, 0.1) is 18.2 Å². The summed E-state index contributed by atoms with van der Waals surface area (Å²) in [6.07, 6.45) is 3.87. The van der Waals surface area contributed by atoms with Gasteiger partial charge in [0.15, 0.2) is 0 Å². The Morgan fingerprint density at radius 2 is 1.85 bits per heavy atom. The molecule has 0 unspecified atom stereocenters. The van der Waals surface area contributed by atoms with Crippen LogP contribution in [-0.2, 0) is 16.6 Å². The highest BCUT2D eigenvalue weighted by Gasteiger charge is 2.26. The van der Waals surface area contributed by atoms with E-state index in [1.807, 2.05) is 19.9 Å². The summed E-state index contributed by atoms with van der Waals surface area (Å²) in [6.45, 7) is 10.2. The SMILES string of the molecule is Cc1c(CC(=O)NC2CC2)c(=O)oc2c(C)c3occ(C(C)(C)C)c3cc12. The van der Waals surface area contributed by atoms with E-state index in [-0.39, 0.29) is 23.8 Å². The summed E-state index contributed by atoms with van der Waals surface area (Å²) in [7, 11) is 0. The third-order valence-corrected chi connectivity index (χ3v) is 5.43. The molecule has 1 aromatic carbocycles. The molecule has 27 heavy (non-hydrogen) atoms. The molecule has 4 rings (SSSR count). The normalized spacial score (nSPS) is 14.9. The molecule has 5 heteroatoms. The van der Waals surface area contributed by atoms with E-state index < -0.39 is 5.63 Å². The van der Waals surface area contributed by atoms with Crippen LogP contribution in [0.3, 0.4) is 0 Å². The zero-order chi connectivity index (χ0) is 19.5. The number of rotatable bonds is 3. The Labute approximate surface area is 157 Å². The van der Waals surface area contributed by atoms with Gasteiger partial charge in [-0.15, -0.1) is 0 Å². The molecular weight excluding hydrogens is 342 g/mol. The minimum Gasteiger partial charge on any atom is -0.464 e. The Balaban J connectivity index is 1.91. The molecule has 142 valence electrons. The highest BCUT2D eigenvalue weighted by molar-refractivity contribution is 6.00. The van der Waals surface area contributed by atoms with Crippen molar-refractivity contribution in [3.05, 3.63) is 45.0 Å². The van der Waals surface area contributed by atoms with Crippen molar-refractivity contribution < 1.29 is 13.6 Å². The summed E-state index contributed by atoms with van der Waals surface area (Å²) >= 11 is 0. The predicted octanol–water partition coefficient (Wildman–Crippen LogP) is 4.27. The molecule has 0 aliphatic heterocycles. The maximum Gasteiger partial charge on any atom is 0.340 e. The first-order valence-electron chi connectivity index (χ1n) is 9.43. The highest BCUT2D eigenvalue weighted by atomic mass is 16.4. The van der Waals surface area contributed by atoms with Crippen molar-refractivity contribution in [2.45, 2.75) is 65.3 Å². The molecule has 1 N–H and O–H groups in total. The van der Waals surface area contributed by atoms with Crippen LogP contribution >= 0.6 is 0 Å². The van der Waals surface area contributed by atoms with Crippen molar-refractivity contribution in [3.63, 3.8) is 0 Å². The van der Waals surface area contributed by atoms with E-state index in [0.29, 0.717) is 11.1 Å². The number of aryl methyl sites for hydroxylation is 2. The second kappa shape index (κ2) is 5.98. The smallest absolute Gasteiger partial charge is 0.340 e. The summed E-state index contributed by atoms with van der Waals surface area (Å²) in [5, 5.41) is 4.82. The molecule has 1 aliphatic carbocycles. The lowest BCUT2D eigenvalue weighted by Crippen LogP contribution is -2.29. The van der Waals surface area contributed by atoms with E-state index in [0.717, 1.165) is 45.9 Å². The molecule has 2 heterocycles. The van der Waals surface area contributed by atoms with Crippen molar-refractivity contribution in [1.82, 2.24) is 5.32 Å². The lowest BCUT2D eigenvalue weighted by molar-refractivity contribution is -0.120. The molecule has 1 amide bonds. The van der Waals surface area contributed by atoms with E-state index in [4.69, 9.17) is 8.83 Å². The fraction of sp³-hybridized carbons (Fsp3) is 0.455. The Morgan fingerprint density at radius 3 is 2.48 bits per heavy atom. The van der Waals surface area contributed by atoms with Crippen LogP contribution in [-0.4, -0.2) is 11.9 Å². The minimum atomic E-state index is -0.448. The van der Waals surface area contributed by atoms with Crippen LogP contribution in [0.25, 0.3) is 21.9 Å². The molecule has 0 saturated heterocycles. The molecule has 2 aromatic heterocycles. The lowest BCUT2D eigenvalue weighted by atomic mass is 9.86. The van der Waals surface area contributed by atoms with Crippen molar-refractivity contribution >= 4 is 27.8 Å². The molecule has 1 fully saturated rings. The van der Waals surface area contributed by atoms with Crippen molar-refractivity contribution in [2.24, 2.45) is 0 Å². The summed E-state index contributed by atoms with van der Waals surface area (Å²) in [5.41, 5.74) is 3.92. The second-order valence-electron chi connectivity index (χ2n) is 8.67. The molecule has 0 radical (unpaired) electrons. The number of benzene rings is 1. The number of carbonyl (C=O) groups is 1. The van der Waals surface area contributed by atoms with Gasteiger partial charge < -0.3 is 14.2 Å². The predicted molar refractivity (Wildman–Crippen MR) is 105 cm³/mol. The molecule has 0 spiro atoms. The van der Waals surface area contributed by atoms with Gasteiger partial charge in [0.2, 0.25) is 5.91 Å². The Morgan fingerprint density at radius 1 is 1.15 bits per heavy atom. The van der Waals surface area contributed by atoms with Crippen LogP contribution in [0, 0.1) is 13.8 Å². The first-order valence-corrected chi connectivity index (χ1v) is 9.43. The van der Waals surface area contributed by atoms with Crippen LogP contribution in [0.2, 0.25) is 0 Å².